The van der Waals surface area contributed by atoms with Crippen molar-refractivity contribution in [2.45, 2.75) is 57.5 Å². The van der Waals surface area contributed by atoms with Gasteiger partial charge in [-0.15, -0.1) is 0 Å². The molecular formula is C25H25F3. The zero-order valence-corrected chi connectivity index (χ0v) is 16.4. The van der Waals surface area contributed by atoms with Gasteiger partial charge in [-0.3, -0.25) is 0 Å². The van der Waals surface area contributed by atoms with Gasteiger partial charge in [-0.1, -0.05) is 56.7 Å². The monoisotopic (exact) mass is 382 g/mol. The topological polar surface area (TPSA) is 0 Å². The Morgan fingerprint density at radius 3 is 2.64 bits per heavy atom. The van der Waals surface area contributed by atoms with Crippen molar-refractivity contribution in [1.29, 1.82) is 0 Å². The minimum Gasteiger partial charge on any atom is -0.166 e. The first-order valence-corrected chi connectivity index (χ1v) is 10.0. The Labute approximate surface area is 164 Å². The second-order valence-corrected chi connectivity index (χ2v) is 8.13. The quantitative estimate of drug-likeness (QED) is 0.518. The molecule has 28 heavy (non-hydrogen) atoms. The average Bonchev–Trinajstić information content (AvgIpc) is 2.67. The SMILES string of the molecule is CCCc1cc(-c2cccc(C(F)(F)F)c2)cc2c1CC=C1C=CCCC12C. The van der Waals surface area contributed by atoms with Gasteiger partial charge in [-0.2, -0.15) is 13.2 Å². The second kappa shape index (κ2) is 6.95. The number of hydrogen-bond acceptors (Lipinski definition) is 0. The van der Waals surface area contributed by atoms with Crippen LogP contribution in [-0.4, -0.2) is 0 Å². The van der Waals surface area contributed by atoms with E-state index in [9.17, 15) is 13.2 Å². The lowest BCUT2D eigenvalue weighted by atomic mass is 9.64. The zero-order chi connectivity index (χ0) is 19.9. The summed E-state index contributed by atoms with van der Waals surface area (Å²) in [7, 11) is 0. The van der Waals surface area contributed by atoms with Crippen molar-refractivity contribution in [2.24, 2.45) is 0 Å². The fraction of sp³-hybridized carbons (Fsp3) is 0.360. The molecule has 0 heterocycles. The number of benzene rings is 2. The van der Waals surface area contributed by atoms with E-state index in [1.807, 2.05) is 0 Å². The fourth-order valence-corrected chi connectivity index (χ4v) is 4.71. The molecule has 0 fully saturated rings. The summed E-state index contributed by atoms with van der Waals surface area (Å²) in [6.07, 6.45) is 7.40. The molecule has 0 bridgehead atoms. The molecular weight excluding hydrogens is 357 g/mol. The third-order valence-electron chi connectivity index (χ3n) is 6.25. The predicted octanol–water partition coefficient (Wildman–Crippen LogP) is 7.42. The Balaban J connectivity index is 1.89. The van der Waals surface area contributed by atoms with E-state index in [1.165, 1.54) is 34.4 Å². The van der Waals surface area contributed by atoms with Crippen LogP contribution in [0, 0.1) is 0 Å². The van der Waals surface area contributed by atoms with E-state index < -0.39 is 11.7 Å². The maximum absolute atomic E-state index is 13.2. The largest absolute Gasteiger partial charge is 0.416 e. The molecule has 0 N–H and O–H groups in total. The van der Waals surface area contributed by atoms with Crippen molar-refractivity contribution in [1.82, 2.24) is 0 Å². The number of alkyl halides is 3. The van der Waals surface area contributed by atoms with Crippen LogP contribution < -0.4 is 0 Å². The standard InChI is InChI=1S/C25H25F3/c1-3-7-18-14-19(17-8-6-10-21(15-17)25(26,27)28)16-23-22(18)12-11-20-9-4-5-13-24(20,23)2/h4,6,8-11,14-16H,3,5,7,12-13H2,1-2H3. The van der Waals surface area contributed by atoms with E-state index in [4.69, 9.17) is 0 Å². The molecule has 2 aromatic rings. The van der Waals surface area contributed by atoms with E-state index in [1.54, 1.807) is 6.07 Å². The lowest BCUT2D eigenvalue weighted by Gasteiger charge is -2.40. The summed E-state index contributed by atoms with van der Waals surface area (Å²) in [5, 5.41) is 0. The molecule has 1 atom stereocenters. The van der Waals surface area contributed by atoms with Gasteiger partial charge < -0.3 is 0 Å². The number of allylic oxidation sites excluding steroid dienone is 4. The lowest BCUT2D eigenvalue weighted by molar-refractivity contribution is -0.137. The molecule has 2 aliphatic carbocycles. The Hall–Kier alpha value is -2.29. The molecule has 0 spiro atoms. The average molecular weight is 382 g/mol. The number of aryl methyl sites for hydroxylation is 1. The predicted molar refractivity (Wildman–Crippen MR) is 108 cm³/mol. The number of halogens is 3. The second-order valence-electron chi connectivity index (χ2n) is 8.13. The van der Waals surface area contributed by atoms with E-state index in [-0.39, 0.29) is 5.41 Å². The maximum atomic E-state index is 13.2. The smallest absolute Gasteiger partial charge is 0.166 e. The molecule has 3 heteroatoms. The summed E-state index contributed by atoms with van der Waals surface area (Å²) >= 11 is 0. The lowest BCUT2D eigenvalue weighted by Crippen LogP contribution is -2.30. The van der Waals surface area contributed by atoms with Gasteiger partial charge in [-0.05, 0) is 77.3 Å². The van der Waals surface area contributed by atoms with Crippen LogP contribution in [0.1, 0.15) is 55.4 Å². The third-order valence-corrected chi connectivity index (χ3v) is 6.25. The van der Waals surface area contributed by atoms with Crippen molar-refractivity contribution in [3.63, 3.8) is 0 Å². The minimum absolute atomic E-state index is 0.0531. The summed E-state index contributed by atoms with van der Waals surface area (Å²) in [5.41, 5.74) is 6.18. The van der Waals surface area contributed by atoms with E-state index >= 15 is 0 Å². The Morgan fingerprint density at radius 1 is 1.07 bits per heavy atom. The first-order chi connectivity index (χ1) is 13.3. The molecule has 0 amide bonds. The van der Waals surface area contributed by atoms with Crippen molar-refractivity contribution >= 4 is 0 Å². The highest BCUT2D eigenvalue weighted by Gasteiger charge is 2.36. The normalized spacial score (nSPS) is 21.1. The highest BCUT2D eigenvalue weighted by Crippen LogP contribution is 2.47. The summed E-state index contributed by atoms with van der Waals surface area (Å²) < 4.78 is 39.7. The Bertz CT molecular complexity index is 962. The molecule has 0 saturated heterocycles. The van der Waals surface area contributed by atoms with Crippen LogP contribution in [0.2, 0.25) is 0 Å². The first-order valence-electron chi connectivity index (χ1n) is 10.0. The van der Waals surface area contributed by atoms with Crippen LogP contribution in [0.3, 0.4) is 0 Å². The van der Waals surface area contributed by atoms with Crippen LogP contribution in [-0.2, 0) is 24.4 Å². The summed E-state index contributed by atoms with van der Waals surface area (Å²) in [4.78, 5) is 0. The molecule has 0 aliphatic heterocycles. The van der Waals surface area contributed by atoms with Crippen molar-refractivity contribution in [3.8, 4) is 11.1 Å². The van der Waals surface area contributed by atoms with Crippen molar-refractivity contribution < 1.29 is 13.2 Å². The molecule has 2 aliphatic rings. The molecule has 0 saturated carbocycles. The first kappa shape index (κ1) is 19.0. The van der Waals surface area contributed by atoms with E-state index in [2.05, 4.69) is 44.2 Å². The zero-order valence-electron chi connectivity index (χ0n) is 16.4. The summed E-state index contributed by atoms with van der Waals surface area (Å²) in [6.45, 7) is 4.43. The van der Waals surface area contributed by atoms with Crippen molar-refractivity contribution in [3.05, 3.63) is 82.5 Å². The van der Waals surface area contributed by atoms with E-state index in [0.717, 1.165) is 43.7 Å². The molecule has 1 unspecified atom stereocenters. The van der Waals surface area contributed by atoms with Gasteiger partial charge in [-0.25, -0.2) is 0 Å². The van der Waals surface area contributed by atoms with Gasteiger partial charge in [0.15, 0.2) is 0 Å². The van der Waals surface area contributed by atoms with Gasteiger partial charge in [0.25, 0.3) is 0 Å². The Kier molecular flexibility index (Phi) is 4.73. The molecule has 146 valence electrons. The number of hydrogen-bond donors (Lipinski definition) is 0. The minimum atomic E-state index is -4.33. The molecule has 4 rings (SSSR count). The van der Waals surface area contributed by atoms with Crippen LogP contribution in [0.5, 0.6) is 0 Å². The van der Waals surface area contributed by atoms with Gasteiger partial charge in [0.2, 0.25) is 0 Å². The van der Waals surface area contributed by atoms with E-state index in [0.29, 0.717) is 5.56 Å². The van der Waals surface area contributed by atoms with Crippen LogP contribution in [0.25, 0.3) is 11.1 Å². The molecule has 0 radical (unpaired) electrons. The molecule has 0 nitrogen and oxygen atoms in total. The van der Waals surface area contributed by atoms with Gasteiger partial charge >= 0.3 is 6.18 Å². The Morgan fingerprint density at radius 2 is 1.89 bits per heavy atom. The van der Waals surface area contributed by atoms with Gasteiger partial charge in [0, 0.05) is 5.41 Å². The molecule has 2 aromatic carbocycles. The van der Waals surface area contributed by atoms with Gasteiger partial charge in [0.05, 0.1) is 5.56 Å². The fourth-order valence-electron chi connectivity index (χ4n) is 4.71. The van der Waals surface area contributed by atoms with Crippen LogP contribution in [0.15, 0.2) is 60.2 Å². The van der Waals surface area contributed by atoms with Crippen LogP contribution >= 0.6 is 0 Å². The third kappa shape index (κ3) is 3.21. The highest BCUT2D eigenvalue weighted by molar-refractivity contribution is 5.70. The number of rotatable bonds is 3. The maximum Gasteiger partial charge on any atom is 0.416 e. The van der Waals surface area contributed by atoms with Gasteiger partial charge in [0.1, 0.15) is 0 Å². The molecule has 0 aromatic heterocycles. The van der Waals surface area contributed by atoms with Crippen molar-refractivity contribution in [2.75, 3.05) is 0 Å². The van der Waals surface area contributed by atoms with Crippen LogP contribution in [0.4, 0.5) is 13.2 Å². The highest BCUT2D eigenvalue weighted by atomic mass is 19.4. The number of fused-ring (bicyclic) bond motifs is 3. The summed E-state index contributed by atoms with van der Waals surface area (Å²) in [5.74, 6) is 0. The summed E-state index contributed by atoms with van der Waals surface area (Å²) in [6, 6.07) is 9.97.